The molecule has 0 aliphatic heterocycles. The van der Waals surface area contributed by atoms with E-state index in [-0.39, 0.29) is 18.2 Å². The molecule has 1 aromatic carbocycles. The quantitative estimate of drug-likeness (QED) is 0.795. The van der Waals surface area contributed by atoms with E-state index in [2.05, 4.69) is 10.9 Å². The summed E-state index contributed by atoms with van der Waals surface area (Å²) in [7, 11) is 1.52. The zero-order valence-electron chi connectivity index (χ0n) is 9.54. The summed E-state index contributed by atoms with van der Waals surface area (Å²) in [5.41, 5.74) is 5.21. The lowest BCUT2D eigenvalue weighted by Gasteiger charge is -2.07. The van der Waals surface area contributed by atoms with E-state index in [0.717, 1.165) is 5.56 Å². The second-order valence-corrected chi connectivity index (χ2v) is 3.78. The second kappa shape index (κ2) is 6.10. The van der Waals surface area contributed by atoms with Gasteiger partial charge in [0, 0.05) is 6.92 Å². The Morgan fingerprint density at radius 1 is 1.35 bits per heavy atom. The minimum Gasteiger partial charge on any atom is -0.495 e. The first kappa shape index (κ1) is 13.3. The van der Waals surface area contributed by atoms with E-state index in [4.69, 9.17) is 16.3 Å². The van der Waals surface area contributed by atoms with E-state index in [9.17, 15) is 9.59 Å². The number of methoxy groups -OCH3 is 1. The Hall–Kier alpha value is -1.75. The minimum absolute atomic E-state index is 0.129. The third-order valence-electron chi connectivity index (χ3n) is 1.96. The van der Waals surface area contributed by atoms with Crippen LogP contribution in [0.25, 0.3) is 0 Å². The zero-order chi connectivity index (χ0) is 12.8. The molecule has 0 spiro atoms. The average Bonchev–Trinajstić information content (AvgIpc) is 2.26. The van der Waals surface area contributed by atoms with E-state index in [1.54, 1.807) is 18.2 Å². The van der Waals surface area contributed by atoms with Gasteiger partial charge in [0.15, 0.2) is 0 Å². The van der Waals surface area contributed by atoms with Gasteiger partial charge in [0.1, 0.15) is 5.75 Å². The lowest BCUT2D eigenvalue weighted by Crippen LogP contribution is -2.41. The van der Waals surface area contributed by atoms with Crippen LogP contribution in [0.3, 0.4) is 0 Å². The van der Waals surface area contributed by atoms with Gasteiger partial charge in [0.2, 0.25) is 11.8 Å². The lowest BCUT2D eigenvalue weighted by molar-refractivity contribution is -0.127. The number of hydrazine groups is 1. The van der Waals surface area contributed by atoms with Crippen LogP contribution in [0.1, 0.15) is 12.5 Å². The SMILES string of the molecule is COc1ccc(CC(=O)NNC(C)=O)cc1Cl. The van der Waals surface area contributed by atoms with Gasteiger partial charge in [-0.2, -0.15) is 0 Å². The summed E-state index contributed by atoms with van der Waals surface area (Å²) in [5.74, 6) is -0.0924. The molecular formula is C11H13ClN2O3. The molecule has 5 nitrogen and oxygen atoms in total. The average molecular weight is 257 g/mol. The van der Waals surface area contributed by atoms with Crippen LogP contribution in [0, 0.1) is 0 Å². The number of hydrogen-bond acceptors (Lipinski definition) is 3. The van der Waals surface area contributed by atoms with Crippen molar-refractivity contribution in [2.75, 3.05) is 7.11 Å². The number of ether oxygens (including phenoxy) is 1. The van der Waals surface area contributed by atoms with Crippen LogP contribution in [-0.2, 0) is 16.0 Å². The molecular weight excluding hydrogens is 244 g/mol. The molecule has 2 amide bonds. The van der Waals surface area contributed by atoms with Gasteiger partial charge in [-0.3, -0.25) is 20.4 Å². The highest BCUT2D eigenvalue weighted by molar-refractivity contribution is 6.32. The summed E-state index contributed by atoms with van der Waals surface area (Å²) < 4.78 is 4.99. The lowest BCUT2D eigenvalue weighted by atomic mass is 10.1. The molecule has 0 aliphatic rings. The largest absolute Gasteiger partial charge is 0.495 e. The second-order valence-electron chi connectivity index (χ2n) is 3.38. The Balaban J connectivity index is 2.60. The van der Waals surface area contributed by atoms with Crippen LogP contribution in [0.5, 0.6) is 5.75 Å². The summed E-state index contributed by atoms with van der Waals surface area (Å²) in [6.07, 6.45) is 0.129. The fourth-order valence-corrected chi connectivity index (χ4v) is 1.49. The van der Waals surface area contributed by atoms with Gasteiger partial charge < -0.3 is 4.74 Å². The number of halogens is 1. The molecule has 6 heteroatoms. The van der Waals surface area contributed by atoms with Gasteiger partial charge in [-0.05, 0) is 17.7 Å². The summed E-state index contributed by atoms with van der Waals surface area (Å²) >= 11 is 5.91. The topological polar surface area (TPSA) is 67.4 Å². The van der Waals surface area contributed by atoms with Crippen molar-refractivity contribution >= 4 is 23.4 Å². The number of amides is 2. The molecule has 0 heterocycles. The molecule has 17 heavy (non-hydrogen) atoms. The molecule has 0 radical (unpaired) electrons. The standard InChI is InChI=1S/C11H13ClN2O3/c1-7(15)13-14-11(16)6-8-3-4-10(17-2)9(12)5-8/h3-5H,6H2,1-2H3,(H,13,15)(H,14,16). The monoisotopic (exact) mass is 256 g/mol. The molecule has 1 aromatic rings. The Morgan fingerprint density at radius 2 is 2.06 bits per heavy atom. The van der Waals surface area contributed by atoms with Crippen LogP contribution in [-0.4, -0.2) is 18.9 Å². The first-order valence-electron chi connectivity index (χ1n) is 4.90. The highest BCUT2D eigenvalue weighted by Gasteiger charge is 2.06. The highest BCUT2D eigenvalue weighted by atomic mass is 35.5. The number of carbonyl (C=O) groups excluding carboxylic acids is 2. The van der Waals surface area contributed by atoms with E-state index in [0.29, 0.717) is 10.8 Å². The fourth-order valence-electron chi connectivity index (χ4n) is 1.21. The molecule has 0 bridgehead atoms. The van der Waals surface area contributed by atoms with Gasteiger partial charge in [0.05, 0.1) is 18.6 Å². The van der Waals surface area contributed by atoms with Gasteiger partial charge >= 0.3 is 0 Å². The number of hydrogen-bond donors (Lipinski definition) is 2. The fraction of sp³-hybridized carbons (Fsp3) is 0.273. The maximum atomic E-state index is 11.4. The van der Waals surface area contributed by atoms with Crippen molar-refractivity contribution in [3.8, 4) is 5.75 Å². The summed E-state index contributed by atoms with van der Waals surface area (Å²) in [6, 6.07) is 5.06. The van der Waals surface area contributed by atoms with Gasteiger partial charge in [-0.15, -0.1) is 0 Å². The van der Waals surface area contributed by atoms with Crippen molar-refractivity contribution < 1.29 is 14.3 Å². The Bertz CT molecular complexity index is 435. The van der Waals surface area contributed by atoms with Gasteiger partial charge in [-0.25, -0.2) is 0 Å². The molecule has 0 saturated heterocycles. The Labute approximate surface area is 104 Å². The van der Waals surface area contributed by atoms with Gasteiger partial charge in [0.25, 0.3) is 0 Å². The Kier molecular flexibility index (Phi) is 4.78. The van der Waals surface area contributed by atoms with Crippen LogP contribution < -0.4 is 15.6 Å². The van der Waals surface area contributed by atoms with E-state index < -0.39 is 0 Å². The first-order chi connectivity index (χ1) is 8.02. The van der Waals surface area contributed by atoms with Crippen LogP contribution in [0.2, 0.25) is 5.02 Å². The predicted octanol–water partition coefficient (Wildman–Crippen LogP) is 1.06. The van der Waals surface area contributed by atoms with E-state index >= 15 is 0 Å². The molecule has 2 N–H and O–H groups in total. The predicted molar refractivity (Wildman–Crippen MR) is 63.7 cm³/mol. The third kappa shape index (κ3) is 4.32. The molecule has 0 aromatic heterocycles. The maximum Gasteiger partial charge on any atom is 0.242 e. The normalized spacial score (nSPS) is 9.59. The van der Waals surface area contributed by atoms with Crippen LogP contribution in [0.15, 0.2) is 18.2 Å². The third-order valence-corrected chi connectivity index (χ3v) is 2.25. The molecule has 92 valence electrons. The number of carbonyl (C=O) groups is 2. The summed E-state index contributed by atoms with van der Waals surface area (Å²) in [5, 5.41) is 0.442. The van der Waals surface area contributed by atoms with Crippen molar-refractivity contribution in [2.45, 2.75) is 13.3 Å². The highest BCUT2D eigenvalue weighted by Crippen LogP contribution is 2.24. The zero-order valence-corrected chi connectivity index (χ0v) is 10.3. The van der Waals surface area contributed by atoms with Crippen molar-refractivity contribution in [1.29, 1.82) is 0 Å². The molecule has 0 saturated carbocycles. The smallest absolute Gasteiger partial charge is 0.242 e. The van der Waals surface area contributed by atoms with E-state index in [1.165, 1.54) is 14.0 Å². The van der Waals surface area contributed by atoms with Crippen molar-refractivity contribution in [1.82, 2.24) is 10.9 Å². The molecule has 0 atom stereocenters. The first-order valence-corrected chi connectivity index (χ1v) is 5.28. The Morgan fingerprint density at radius 3 is 2.59 bits per heavy atom. The van der Waals surface area contributed by atoms with Crippen molar-refractivity contribution in [2.24, 2.45) is 0 Å². The minimum atomic E-state index is -0.328. The molecule has 0 fully saturated rings. The number of rotatable bonds is 3. The number of benzene rings is 1. The molecule has 0 aliphatic carbocycles. The maximum absolute atomic E-state index is 11.4. The van der Waals surface area contributed by atoms with Crippen molar-refractivity contribution in [3.05, 3.63) is 28.8 Å². The van der Waals surface area contributed by atoms with E-state index in [1.807, 2.05) is 0 Å². The van der Waals surface area contributed by atoms with Crippen molar-refractivity contribution in [3.63, 3.8) is 0 Å². The summed E-state index contributed by atoms with van der Waals surface area (Å²) in [4.78, 5) is 22.0. The van der Waals surface area contributed by atoms with Crippen LogP contribution >= 0.6 is 11.6 Å². The number of nitrogens with one attached hydrogen (secondary N) is 2. The molecule has 1 rings (SSSR count). The van der Waals surface area contributed by atoms with Crippen LogP contribution in [0.4, 0.5) is 0 Å². The molecule has 0 unspecified atom stereocenters. The van der Waals surface area contributed by atoms with Gasteiger partial charge in [-0.1, -0.05) is 17.7 Å². The summed E-state index contributed by atoms with van der Waals surface area (Å²) in [6.45, 7) is 1.31.